The maximum absolute atomic E-state index is 11.9. The molecular formula is C7H3Br2F2NO3. The summed E-state index contributed by atoms with van der Waals surface area (Å²) < 4.78 is 27.9. The molecule has 1 aromatic carbocycles. The molecular weight excluding hydrogens is 344 g/mol. The number of alkyl halides is 2. The van der Waals surface area contributed by atoms with Crippen LogP contribution in [0.25, 0.3) is 0 Å². The molecule has 0 saturated carbocycles. The molecule has 0 bridgehead atoms. The predicted octanol–water partition coefficient (Wildman–Crippen LogP) is 3.72. The van der Waals surface area contributed by atoms with Crippen LogP contribution in [0.15, 0.2) is 21.1 Å². The molecule has 1 rings (SSSR count). The van der Waals surface area contributed by atoms with Gasteiger partial charge in [-0.1, -0.05) is 0 Å². The molecule has 0 aliphatic carbocycles. The summed E-state index contributed by atoms with van der Waals surface area (Å²) in [4.78, 5) is 9.89. The molecule has 8 heteroatoms. The van der Waals surface area contributed by atoms with E-state index in [1.807, 2.05) is 0 Å². The quantitative estimate of drug-likeness (QED) is 0.619. The summed E-state index contributed by atoms with van der Waals surface area (Å²) in [6.07, 6.45) is 0. The molecule has 0 amide bonds. The maximum atomic E-state index is 11.9. The average Bonchev–Trinajstić information content (AvgIpc) is 1.99. The van der Waals surface area contributed by atoms with Gasteiger partial charge in [-0.2, -0.15) is 8.78 Å². The topological polar surface area (TPSA) is 52.4 Å². The molecule has 15 heavy (non-hydrogen) atoms. The molecule has 0 saturated heterocycles. The summed E-state index contributed by atoms with van der Waals surface area (Å²) in [7, 11) is 0. The Morgan fingerprint density at radius 1 is 1.33 bits per heavy atom. The molecule has 0 unspecified atom stereocenters. The summed E-state index contributed by atoms with van der Waals surface area (Å²) in [5.74, 6) is -0.158. The Bertz CT molecular complexity index is 377. The van der Waals surface area contributed by atoms with Crippen LogP contribution < -0.4 is 4.74 Å². The first kappa shape index (κ1) is 12.3. The molecule has 82 valence electrons. The van der Waals surface area contributed by atoms with Crippen LogP contribution in [0.4, 0.5) is 14.5 Å². The van der Waals surface area contributed by atoms with Crippen molar-refractivity contribution in [1.82, 2.24) is 0 Å². The molecule has 0 aromatic heterocycles. The predicted molar refractivity (Wildman–Crippen MR) is 55.1 cm³/mol. The second-order valence-corrected chi connectivity index (χ2v) is 4.08. The fourth-order valence-electron chi connectivity index (χ4n) is 0.888. The second kappa shape index (κ2) is 4.84. The van der Waals surface area contributed by atoms with Crippen molar-refractivity contribution in [3.8, 4) is 5.75 Å². The zero-order valence-corrected chi connectivity index (χ0v) is 10.1. The largest absolute Gasteiger partial charge is 0.435 e. The van der Waals surface area contributed by atoms with E-state index in [4.69, 9.17) is 0 Å². The van der Waals surface area contributed by atoms with Crippen LogP contribution in [-0.4, -0.2) is 11.5 Å². The Morgan fingerprint density at radius 2 is 1.80 bits per heavy atom. The zero-order valence-electron chi connectivity index (χ0n) is 6.92. The van der Waals surface area contributed by atoms with E-state index in [-0.39, 0.29) is 20.4 Å². The van der Waals surface area contributed by atoms with E-state index in [1.165, 1.54) is 0 Å². The van der Waals surface area contributed by atoms with Gasteiger partial charge in [0, 0.05) is 12.1 Å². The highest BCUT2D eigenvalue weighted by Gasteiger charge is 2.19. The number of nitro groups is 1. The molecule has 0 aliphatic heterocycles. The molecule has 0 spiro atoms. The van der Waals surface area contributed by atoms with Crippen LogP contribution >= 0.6 is 31.9 Å². The number of nitrogens with zero attached hydrogens (tertiary/aromatic N) is 1. The molecule has 0 heterocycles. The number of halogens is 4. The van der Waals surface area contributed by atoms with Gasteiger partial charge in [0.15, 0.2) is 0 Å². The van der Waals surface area contributed by atoms with Gasteiger partial charge in [-0.3, -0.25) is 10.1 Å². The van der Waals surface area contributed by atoms with Crippen molar-refractivity contribution in [3.05, 3.63) is 31.2 Å². The van der Waals surface area contributed by atoms with E-state index in [0.29, 0.717) is 0 Å². The van der Waals surface area contributed by atoms with Crippen LogP contribution in [0.2, 0.25) is 0 Å². The minimum Gasteiger partial charge on any atom is -0.435 e. The van der Waals surface area contributed by atoms with Crippen molar-refractivity contribution < 1.29 is 18.4 Å². The van der Waals surface area contributed by atoms with Crippen molar-refractivity contribution >= 4 is 37.5 Å². The van der Waals surface area contributed by atoms with Gasteiger partial charge in [0.05, 0.1) is 4.92 Å². The second-order valence-electron chi connectivity index (χ2n) is 2.37. The number of rotatable bonds is 3. The minimum absolute atomic E-state index is 0.0672. The van der Waals surface area contributed by atoms with E-state index in [9.17, 15) is 18.9 Å². The third-order valence-corrected chi connectivity index (χ3v) is 2.61. The fraction of sp³-hybridized carbons (Fsp3) is 0.143. The lowest BCUT2D eigenvalue weighted by Gasteiger charge is -2.06. The van der Waals surface area contributed by atoms with Gasteiger partial charge in [-0.05, 0) is 31.9 Å². The number of benzene rings is 1. The van der Waals surface area contributed by atoms with Crippen molar-refractivity contribution in [2.45, 2.75) is 6.61 Å². The van der Waals surface area contributed by atoms with Crippen LogP contribution in [0.3, 0.4) is 0 Å². The first-order valence-corrected chi connectivity index (χ1v) is 5.08. The van der Waals surface area contributed by atoms with E-state index in [1.54, 1.807) is 0 Å². The van der Waals surface area contributed by atoms with E-state index in [0.717, 1.165) is 12.1 Å². The summed E-state index contributed by atoms with van der Waals surface area (Å²) in [6.45, 7) is -2.97. The Balaban J connectivity index is 3.14. The standard InChI is InChI=1S/C7H3Br2F2NO3/c8-4-1-3(15-7(10)11)2-5(9)6(4)12(13)14/h1-2,7H. The summed E-state index contributed by atoms with van der Waals surface area (Å²) >= 11 is 5.78. The Morgan fingerprint density at radius 3 is 2.13 bits per heavy atom. The van der Waals surface area contributed by atoms with Gasteiger partial charge in [-0.25, -0.2) is 0 Å². The fourth-order valence-corrected chi connectivity index (χ4v) is 2.32. The lowest BCUT2D eigenvalue weighted by Crippen LogP contribution is -2.02. The number of ether oxygens (including phenoxy) is 1. The molecule has 0 atom stereocenters. The van der Waals surface area contributed by atoms with E-state index < -0.39 is 11.5 Å². The third kappa shape index (κ3) is 3.10. The Labute approximate surface area is 99.6 Å². The van der Waals surface area contributed by atoms with Gasteiger partial charge in [-0.15, -0.1) is 0 Å². The SMILES string of the molecule is O=[N+]([O-])c1c(Br)cc(OC(F)F)cc1Br. The highest BCUT2D eigenvalue weighted by atomic mass is 79.9. The highest BCUT2D eigenvalue weighted by molar-refractivity contribution is 9.11. The molecule has 0 aliphatic rings. The monoisotopic (exact) mass is 345 g/mol. The van der Waals surface area contributed by atoms with Crippen LogP contribution in [0.5, 0.6) is 5.75 Å². The lowest BCUT2D eigenvalue weighted by molar-refractivity contribution is -0.386. The van der Waals surface area contributed by atoms with E-state index >= 15 is 0 Å². The average molecular weight is 347 g/mol. The molecule has 4 nitrogen and oxygen atoms in total. The maximum Gasteiger partial charge on any atom is 0.387 e. The Kier molecular flexibility index (Phi) is 3.97. The third-order valence-electron chi connectivity index (χ3n) is 1.40. The molecule has 1 aromatic rings. The van der Waals surface area contributed by atoms with Gasteiger partial charge in [0.25, 0.3) is 5.69 Å². The van der Waals surface area contributed by atoms with Gasteiger partial charge in [0.2, 0.25) is 0 Å². The van der Waals surface area contributed by atoms with Crippen LogP contribution in [-0.2, 0) is 0 Å². The number of hydrogen-bond donors (Lipinski definition) is 0. The van der Waals surface area contributed by atoms with Gasteiger partial charge < -0.3 is 4.74 Å². The first-order chi connectivity index (χ1) is 6.91. The Hall–Kier alpha value is -0.760. The molecule has 0 fully saturated rings. The summed E-state index contributed by atoms with van der Waals surface area (Å²) in [5.41, 5.74) is -0.239. The van der Waals surface area contributed by atoms with Gasteiger partial charge >= 0.3 is 6.61 Å². The van der Waals surface area contributed by atoms with Crippen LogP contribution in [0, 0.1) is 10.1 Å². The zero-order chi connectivity index (χ0) is 11.6. The van der Waals surface area contributed by atoms with Crippen molar-refractivity contribution in [3.63, 3.8) is 0 Å². The molecule has 0 radical (unpaired) electrons. The first-order valence-electron chi connectivity index (χ1n) is 3.50. The van der Waals surface area contributed by atoms with Crippen molar-refractivity contribution in [2.24, 2.45) is 0 Å². The van der Waals surface area contributed by atoms with Crippen molar-refractivity contribution in [2.75, 3.05) is 0 Å². The van der Waals surface area contributed by atoms with Crippen LogP contribution in [0.1, 0.15) is 0 Å². The molecule has 0 N–H and O–H groups in total. The summed E-state index contributed by atoms with van der Waals surface area (Å²) in [5, 5.41) is 10.5. The lowest BCUT2D eigenvalue weighted by atomic mass is 10.3. The van der Waals surface area contributed by atoms with Crippen molar-refractivity contribution in [1.29, 1.82) is 0 Å². The smallest absolute Gasteiger partial charge is 0.387 e. The summed E-state index contributed by atoms with van der Waals surface area (Å²) in [6, 6.07) is 2.21. The number of hydrogen-bond acceptors (Lipinski definition) is 3. The van der Waals surface area contributed by atoms with E-state index in [2.05, 4.69) is 36.6 Å². The van der Waals surface area contributed by atoms with Gasteiger partial charge in [0.1, 0.15) is 14.7 Å². The normalized spacial score (nSPS) is 10.5. The number of nitro benzene ring substituents is 1. The highest BCUT2D eigenvalue weighted by Crippen LogP contribution is 2.37. The minimum atomic E-state index is -2.97.